The molecule has 13 amide bonds. The van der Waals surface area contributed by atoms with Gasteiger partial charge in [-0.2, -0.15) is 50.5 Å². The molecule has 86 heavy (non-hydrogen) atoms. The number of aromatic hydroxyl groups is 1. The number of carbonyl (C=O) groups is 14. The van der Waals surface area contributed by atoms with Crippen LogP contribution >= 0.6 is 50.5 Å². The summed E-state index contributed by atoms with van der Waals surface area (Å²) < 4.78 is 0. The topological polar surface area (TPSA) is 530 Å². The van der Waals surface area contributed by atoms with Crippen LogP contribution in [-0.2, 0) is 80.0 Å². The fourth-order valence-corrected chi connectivity index (χ4v) is 8.99. The molecule has 20 N–H and O–H groups in total. The standard InChI is InChI=1S/C49H72N16O17S4/c1-22(56-47(79)35-3-2-10-65(35)48(80)30(12-24-14-53-21-55-24)60-46(78)33(19-85)63-40(72)26(50)17-83)39(71)62-32(18-84)41(73)54-15-38(70)57-27(8-9-36(51)68)42(74)59-29(13-37(52)69)44(76)58-28(11-23-4-6-25(67)7-5-23)43(75)61-31(16-66)45(77)64-34(20-86)49(81)82/h4-7,14,21-22,26-35,66-67,83-86H,2-3,8-13,15-20,50H2,1H3,(H2,51,68)(H2,52,69)(H,53,55)(H,54,73)(H,56,79)(H,57,70)(H,58,76)(H,59,74)(H,60,78)(H,61,75)(H,62,71)(H,63,72)(H,64,77)(H,81,82)/t22-,26-,27-,28-,29-,30-,31-,32-,33-,34-,35-/m0/s1. The molecule has 1 aliphatic rings. The Bertz CT molecular complexity index is 2750. The highest BCUT2D eigenvalue weighted by atomic mass is 32.1. The third-order valence-corrected chi connectivity index (χ3v) is 14.3. The van der Waals surface area contributed by atoms with Crippen molar-refractivity contribution in [2.24, 2.45) is 17.2 Å². The van der Waals surface area contributed by atoms with E-state index in [1.165, 1.54) is 48.6 Å². The maximum atomic E-state index is 14.1. The summed E-state index contributed by atoms with van der Waals surface area (Å²) in [5.74, 6) is -15.3. The number of rotatable bonds is 36. The van der Waals surface area contributed by atoms with Crippen LogP contribution in [0.3, 0.4) is 0 Å². The van der Waals surface area contributed by atoms with Crippen molar-refractivity contribution < 1.29 is 82.4 Å². The van der Waals surface area contributed by atoms with Crippen LogP contribution in [0.25, 0.3) is 0 Å². The van der Waals surface area contributed by atoms with Gasteiger partial charge < -0.3 is 95.6 Å². The van der Waals surface area contributed by atoms with Crippen molar-refractivity contribution in [3.63, 3.8) is 0 Å². The summed E-state index contributed by atoms with van der Waals surface area (Å²) in [6, 6.07) is -10.9. The van der Waals surface area contributed by atoms with Gasteiger partial charge in [0.05, 0.1) is 31.9 Å². The lowest BCUT2D eigenvalue weighted by Gasteiger charge is -2.30. The molecule has 474 valence electrons. The average molecular weight is 1290 g/mol. The van der Waals surface area contributed by atoms with Crippen molar-refractivity contribution in [1.82, 2.24) is 68.0 Å². The number of nitrogens with two attached hydrogens (primary N) is 3. The van der Waals surface area contributed by atoms with E-state index in [1.807, 2.05) is 0 Å². The molecule has 0 radical (unpaired) electrons. The maximum Gasteiger partial charge on any atom is 0.327 e. The summed E-state index contributed by atoms with van der Waals surface area (Å²) in [5.41, 5.74) is 17.2. The van der Waals surface area contributed by atoms with Crippen LogP contribution in [0.4, 0.5) is 0 Å². The van der Waals surface area contributed by atoms with E-state index in [4.69, 9.17) is 17.2 Å². The van der Waals surface area contributed by atoms with E-state index < -0.39 is 182 Å². The van der Waals surface area contributed by atoms with Gasteiger partial charge in [0.2, 0.25) is 76.8 Å². The zero-order valence-corrected chi connectivity index (χ0v) is 49.8. The van der Waals surface area contributed by atoms with Crippen molar-refractivity contribution in [2.75, 3.05) is 42.7 Å². The molecule has 11 atom stereocenters. The quantitative estimate of drug-likeness (QED) is 0.0282. The molecule has 0 unspecified atom stereocenters. The Kier molecular flexibility index (Phi) is 30.5. The number of aliphatic hydroxyl groups is 1. The predicted octanol–water partition coefficient (Wildman–Crippen LogP) is -8.34. The summed E-state index contributed by atoms with van der Waals surface area (Å²) in [5, 5.41) is 52.4. The number of H-pyrrole nitrogens is 1. The summed E-state index contributed by atoms with van der Waals surface area (Å²) in [4.78, 5) is 192. The summed E-state index contributed by atoms with van der Waals surface area (Å²) in [6.45, 7) is -0.573. The number of phenolic OH excluding ortho intramolecular Hbond substituents is 1. The van der Waals surface area contributed by atoms with Crippen molar-refractivity contribution in [3.05, 3.63) is 48.0 Å². The summed E-state index contributed by atoms with van der Waals surface area (Å²) in [7, 11) is 0. The molecule has 1 saturated heterocycles. The number of likely N-dealkylation sites (tertiary alicyclic amines) is 1. The van der Waals surface area contributed by atoms with Gasteiger partial charge in [-0.3, -0.25) is 62.3 Å². The number of aromatic amines is 1. The first kappa shape index (κ1) is 72.4. The monoisotopic (exact) mass is 1280 g/mol. The number of nitrogens with zero attached hydrogens (tertiary/aromatic N) is 2. The SMILES string of the molecule is C[C@H](NC(=O)[C@@H]1CCCN1C(=O)[C@H](Cc1cnc[nH]1)NC(=O)[C@H](CS)NC(=O)[C@@H](N)CS)C(=O)N[C@@H](CS)C(=O)NCC(=O)N[C@@H](CCC(N)=O)C(=O)N[C@@H](CC(N)=O)C(=O)N[C@@H](Cc1ccc(O)cc1)C(=O)N[C@@H](CO)C(=O)N[C@@H](CS)C(=O)O. The van der Waals surface area contributed by atoms with Crippen LogP contribution in [0.1, 0.15) is 50.3 Å². The number of carboxylic acids is 1. The molecular formula is C49H72N16O17S4. The lowest BCUT2D eigenvalue weighted by molar-refractivity contribution is -0.142. The zero-order valence-electron chi connectivity index (χ0n) is 46.2. The van der Waals surface area contributed by atoms with E-state index in [0.29, 0.717) is 17.7 Å². The van der Waals surface area contributed by atoms with Gasteiger partial charge in [-0.15, -0.1) is 0 Å². The maximum absolute atomic E-state index is 14.1. The highest BCUT2D eigenvalue weighted by Crippen LogP contribution is 2.20. The number of amides is 13. The fraction of sp³-hybridized carbons (Fsp3) is 0.531. The number of imidazole rings is 1. The Morgan fingerprint density at radius 2 is 1.17 bits per heavy atom. The molecule has 2 heterocycles. The molecule has 0 bridgehead atoms. The summed E-state index contributed by atoms with van der Waals surface area (Å²) in [6.07, 6.45) is 0.816. The number of phenols is 1. The first-order valence-electron chi connectivity index (χ1n) is 26.3. The Morgan fingerprint density at radius 1 is 0.640 bits per heavy atom. The largest absolute Gasteiger partial charge is 0.508 e. The Hall–Kier alpha value is -7.87. The van der Waals surface area contributed by atoms with Crippen LogP contribution in [0.2, 0.25) is 0 Å². The van der Waals surface area contributed by atoms with Gasteiger partial charge in [0.25, 0.3) is 0 Å². The highest BCUT2D eigenvalue weighted by Gasteiger charge is 2.40. The normalized spacial score (nSPS) is 16.2. The minimum atomic E-state index is -1.91. The van der Waals surface area contributed by atoms with Gasteiger partial charge in [-0.1, -0.05) is 12.1 Å². The van der Waals surface area contributed by atoms with Crippen molar-refractivity contribution in [1.29, 1.82) is 0 Å². The Balaban J connectivity index is 1.70. The van der Waals surface area contributed by atoms with E-state index in [9.17, 15) is 82.4 Å². The molecule has 1 aromatic carbocycles. The van der Waals surface area contributed by atoms with Crippen LogP contribution in [0, 0.1) is 0 Å². The number of aliphatic hydroxyl groups excluding tert-OH is 1. The zero-order chi connectivity index (χ0) is 64.4. The number of carboxylic acid groups (broad SMARTS) is 1. The third kappa shape index (κ3) is 23.5. The van der Waals surface area contributed by atoms with Crippen molar-refractivity contribution in [3.8, 4) is 5.75 Å². The number of thiol groups is 4. The smallest absolute Gasteiger partial charge is 0.327 e. The molecule has 0 spiro atoms. The van der Waals surface area contributed by atoms with Crippen LogP contribution in [-0.4, -0.2) is 222 Å². The first-order chi connectivity index (χ1) is 40.7. The molecular weight excluding hydrogens is 1210 g/mol. The van der Waals surface area contributed by atoms with Gasteiger partial charge in [-0.05, 0) is 43.9 Å². The van der Waals surface area contributed by atoms with E-state index in [1.54, 1.807) is 0 Å². The van der Waals surface area contributed by atoms with Crippen molar-refractivity contribution >= 4 is 133 Å². The number of primary amides is 2. The number of aliphatic carboxylic acids is 1. The van der Waals surface area contributed by atoms with Crippen LogP contribution in [0.5, 0.6) is 5.75 Å². The van der Waals surface area contributed by atoms with Gasteiger partial charge in [0, 0.05) is 60.7 Å². The van der Waals surface area contributed by atoms with Crippen LogP contribution < -0.4 is 70.4 Å². The van der Waals surface area contributed by atoms with Gasteiger partial charge in [-0.25, -0.2) is 9.78 Å². The Morgan fingerprint density at radius 3 is 1.74 bits per heavy atom. The van der Waals surface area contributed by atoms with Gasteiger partial charge in [0.1, 0.15) is 66.2 Å². The molecule has 1 aliphatic heterocycles. The number of aromatic nitrogens is 2. The number of carbonyl (C=O) groups excluding carboxylic acids is 13. The second-order valence-electron chi connectivity index (χ2n) is 19.4. The van der Waals surface area contributed by atoms with Crippen molar-refractivity contribution in [2.45, 2.75) is 118 Å². The second kappa shape index (κ2) is 36.2. The fourth-order valence-electron chi connectivity index (χ4n) is 8.06. The number of hydrogen-bond acceptors (Lipinski definition) is 22. The average Bonchev–Trinajstić information content (AvgIpc) is 4.17. The van der Waals surface area contributed by atoms with E-state index in [-0.39, 0.29) is 54.6 Å². The Labute approximate surface area is 513 Å². The third-order valence-electron chi connectivity index (χ3n) is 12.8. The minimum Gasteiger partial charge on any atom is -0.508 e. The molecule has 1 fully saturated rings. The predicted molar refractivity (Wildman–Crippen MR) is 315 cm³/mol. The first-order valence-corrected chi connectivity index (χ1v) is 28.8. The minimum absolute atomic E-state index is 0.0172. The van der Waals surface area contributed by atoms with E-state index >= 15 is 0 Å². The lowest BCUT2D eigenvalue weighted by Crippen LogP contribution is -2.60. The lowest BCUT2D eigenvalue weighted by atomic mass is 10.0. The highest BCUT2D eigenvalue weighted by molar-refractivity contribution is 7.80. The molecule has 3 rings (SSSR count). The number of benzene rings is 1. The van der Waals surface area contributed by atoms with Gasteiger partial charge >= 0.3 is 5.97 Å². The molecule has 2 aromatic rings. The summed E-state index contributed by atoms with van der Waals surface area (Å²) >= 11 is 16.1. The second-order valence-corrected chi connectivity index (χ2v) is 20.8. The number of hydrogen-bond donors (Lipinski definition) is 21. The molecule has 37 heteroatoms. The number of nitrogens with one attached hydrogen (secondary N) is 11. The van der Waals surface area contributed by atoms with Gasteiger partial charge in [0.15, 0.2) is 0 Å². The molecule has 0 aliphatic carbocycles. The molecule has 0 saturated carbocycles. The van der Waals surface area contributed by atoms with E-state index in [2.05, 4.69) is 114 Å². The van der Waals surface area contributed by atoms with E-state index in [0.717, 1.165) is 0 Å². The van der Waals surface area contributed by atoms with Crippen LogP contribution in [0.15, 0.2) is 36.8 Å². The molecule has 1 aromatic heterocycles. The molecule has 33 nitrogen and oxygen atoms in total.